The maximum absolute atomic E-state index is 9.77. The number of hydrogen-bond donors (Lipinski definition) is 1. The summed E-state index contributed by atoms with van der Waals surface area (Å²) in [6.07, 6.45) is 9.93. The van der Waals surface area contributed by atoms with Gasteiger partial charge in [0.05, 0.1) is 36.9 Å². The third kappa shape index (κ3) is 3.87. The van der Waals surface area contributed by atoms with Crippen molar-refractivity contribution in [3.8, 4) is 0 Å². The summed E-state index contributed by atoms with van der Waals surface area (Å²) in [7, 11) is -1.97. The standard InChI is InChI=1S/C25H42O4Si/c1-9-19(10-2)16-27-25-15-18(3)14-24(17-28-25)21(13-20(11-12-26)22(24)25)29-30(7,8)23(4,5)6/h11,14,16,21-22,26H,9-10,12-13,15,17H2,1-8H3/b20-11+/t21-,22-,24+,25+/m1/s1. The first-order chi connectivity index (χ1) is 13.9. The normalized spacial score (nSPS) is 34.7. The molecule has 2 fully saturated rings. The van der Waals surface area contributed by atoms with Crippen LogP contribution in [-0.4, -0.2) is 38.5 Å². The lowest BCUT2D eigenvalue weighted by molar-refractivity contribution is -0.193. The highest BCUT2D eigenvalue weighted by Crippen LogP contribution is 2.65. The maximum Gasteiger partial charge on any atom is 0.221 e. The second kappa shape index (κ2) is 8.23. The van der Waals surface area contributed by atoms with Crippen molar-refractivity contribution in [1.29, 1.82) is 0 Å². The summed E-state index contributed by atoms with van der Waals surface area (Å²) in [4.78, 5) is 0. The molecule has 4 nitrogen and oxygen atoms in total. The zero-order valence-corrected chi connectivity index (χ0v) is 21.3. The van der Waals surface area contributed by atoms with Gasteiger partial charge in [-0.2, -0.15) is 0 Å². The SMILES string of the molecule is CCC(=CO[C@@]12CC(C)=C[C@]3(CO1)[C@H](O[Si](C)(C)C(C)(C)C)C/C(=C\CO)[C@@H]23)CC. The first kappa shape index (κ1) is 23.8. The summed E-state index contributed by atoms with van der Waals surface area (Å²) < 4.78 is 20.1. The average Bonchev–Trinajstić information content (AvgIpc) is 3.04. The highest BCUT2D eigenvalue weighted by Gasteiger charge is 2.69. The molecule has 1 saturated carbocycles. The highest BCUT2D eigenvalue weighted by molar-refractivity contribution is 6.74. The number of aliphatic hydroxyl groups is 1. The number of ether oxygens (including phenoxy) is 2. The van der Waals surface area contributed by atoms with Gasteiger partial charge >= 0.3 is 0 Å². The molecule has 1 aliphatic heterocycles. The number of allylic oxidation sites excluding steroid dienone is 1. The van der Waals surface area contributed by atoms with Crippen molar-refractivity contribution < 1.29 is 19.0 Å². The van der Waals surface area contributed by atoms with Crippen LogP contribution in [0.1, 0.15) is 67.2 Å². The summed E-state index contributed by atoms with van der Waals surface area (Å²) in [6.45, 7) is 18.7. The van der Waals surface area contributed by atoms with Crippen LogP contribution in [-0.2, 0) is 13.9 Å². The Morgan fingerprint density at radius 1 is 1.30 bits per heavy atom. The maximum atomic E-state index is 9.77. The lowest BCUT2D eigenvalue weighted by atomic mass is 9.68. The quantitative estimate of drug-likeness (QED) is 0.299. The van der Waals surface area contributed by atoms with E-state index in [-0.39, 0.29) is 29.1 Å². The van der Waals surface area contributed by atoms with E-state index in [0.29, 0.717) is 6.61 Å². The molecular weight excluding hydrogens is 392 g/mol. The molecule has 0 amide bonds. The summed E-state index contributed by atoms with van der Waals surface area (Å²) in [5, 5.41) is 9.91. The molecule has 2 aliphatic carbocycles. The fraction of sp³-hybridized carbons (Fsp3) is 0.760. The second-order valence-corrected chi connectivity index (χ2v) is 15.7. The van der Waals surface area contributed by atoms with Gasteiger partial charge in [0.15, 0.2) is 8.32 Å². The van der Waals surface area contributed by atoms with Gasteiger partial charge in [0.1, 0.15) is 0 Å². The Hall–Kier alpha value is -0.883. The lowest BCUT2D eigenvalue weighted by Gasteiger charge is -2.44. The Kier molecular flexibility index (Phi) is 6.52. The van der Waals surface area contributed by atoms with Gasteiger partial charge in [-0.15, -0.1) is 0 Å². The van der Waals surface area contributed by atoms with Gasteiger partial charge in [-0.05, 0) is 49.9 Å². The predicted octanol–water partition coefficient (Wildman–Crippen LogP) is 6.10. The molecule has 3 rings (SSSR count). The van der Waals surface area contributed by atoms with E-state index in [1.165, 1.54) is 16.7 Å². The van der Waals surface area contributed by atoms with E-state index in [4.69, 9.17) is 13.9 Å². The van der Waals surface area contributed by atoms with Crippen molar-refractivity contribution in [1.82, 2.24) is 0 Å². The monoisotopic (exact) mass is 434 g/mol. The first-order valence-electron chi connectivity index (χ1n) is 11.6. The predicted molar refractivity (Wildman–Crippen MR) is 125 cm³/mol. The molecule has 4 atom stereocenters. The summed E-state index contributed by atoms with van der Waals surface area (Å²) in [6, 6.07) is 0. The Labute approximate surface area is 184 Å². The van der Waals surface area contributed by atoms with Gasteiger partial charge in [0.25, 0.3) is 0 Å². The van der Waals surface area contributed by atoms with Crippen LogP contribution in [0.25, 0.3) is 0 Å². The molecule has 0 aromatic rings. The summed E-state index contributed by atoms with van der Waals surface area (Å²) in [5.74, 6) is -0.608. The molecule has 0 unspecified atom stereocenters. The van der Waals surface area contributed by atoms with Gasteiger partial charge in [-0.25, -0.2) is 0 Å². The van der Waals surface area contributed by atoms with Crippen molar-refractivity contribution in [2.45, 2.75) is 97.2 Å². The fourth-order valence-electron chi connectivity index (χ4n) is 5.27. The van der Waals surface area contributed by atoms with E-state index in [1.54, 1.807) is 0 Å². The van der Waals surface area contributed by atoms with Crippen LogP contribution in [0.4, 0.5) is 0 Å². The van der Waals surface area contributed by atoms with Crippen LogP contribution in [0, 0.1) is 11.3 Å². The van der Waals surface area contributed by atoms with Crippen molar-refractivity contribution in [2.75, 3.05) is 13.2 Å². The Morgan fingerprint density at radius 3 is 2.53 bits per heavy atom. The average molecular weight is 435 g/mol. The van der Waals surface area contributed by atoms with E-state index in [0.717, 1.165) is 25.7 Å². The van der Waals surface area contributed by atoms with Crippen LogP contribution in [0.15, 0.2) is 35.1 Å². The lowest BCUT2D eigenvalue weighted by Crippen LogP contribution is -2.50. The Bertz CT molecular complexity index is 739. The molecule has 1 heterocycles. The van der Waals surface area contributed by atoms with Crippen molar-refractivity contribution in [3.05, 3.63) is 35.1 Å². The zero-order valence-electron chi connectivity index (χ0n) is 20.3. The van der Waals surface area contributed by atoms with Gasteiger partial charge < -0.3 is 19.0 Å². The van der Waals surface area contributed by atoms with Crippen molar-refractivity contribution in [2.24, 2.45) is 11.3 Å². The van der Waals surface area contributed by atoms with Crippen molar-refractivity contribution >= 4 is 8.32 Å². The zero-order chi connectivity index (χ0) is 22.4. The third-order valence-corrected chi connectivity index (χ3v) is 12.4. The Morgan fingerprint density at radius 2 is 1.97 bits per heavy atom. The van der Waals surface area contributed by atoms with Crippen LogP contribution in [0.2, 0.25) is 18.1 Å². The van der Waals surface area contributed by atoms with Gasteiger partial charge in [0, 0.05) is 6.42 Å². The molecule has 0 spiro atoms. The van der Waals surface area contributed by atoms with Gasteiger partial charge in [0.2, 0.25) is 5.79 Å². The summed E-state index contributed by atoms with van der Waals surface area (Å²) >= 11 is 0. The highest BCUT2D eigenvalue weighted by atomic mass is 28.4. The molecule has 3 aliphatic rings. The molecule has 170 valence electrons. The molecule has 0 aromatic carbocycles. The molecule has 1 saturated heterocycles. The van der Waals surface area contributed by atoms with E-state index in [1.807, 2.05) is 12.3 Å². The molecule has 30 heavy (non-hydrogen) atoms. The van der Waals surface area contributed by atoms with Gasteiger partial charge in [-0.1, -0.05) is 57.9 Å². The molecule has 0 radical (unpaired) electrons. The fourth-order valence-corrected chi connectivity index (χ4v) is 6.63. The van der Waals surface area contributed by atoms with Gasteiger partial charge in [-0.3, -0.25) is 0 Å². The van der Waals surface area contributed by atoms with E-state index in [2.05, 4.69) is 60.7 Å². The van der Waals surface area contributed by atoms with Crippen LogP contribution in [0.5, 0.6) is 0 Å². The van der Waals surface area contributed by atoms with E-state index < -0.39 is 14.1 Å². The van der Waals surface area contributed by atoms with Crippen LogP contribution < -0.4 is 0 Å². The second-order valence-electron chi connectivity index (χ2n) is 10.9. The third-order valence-electron chi connectivity index (χ3n) is 7.91. The smallest absolute Gasteiger partial charge is 0.221 e. The largest absolute Gasteiger partial charge is 0.469 e. The molecule has 1 N–H and O–H groups in total. The molecule has 2 bridgehead atoms. The minimum atomic E-state index is -1.97. The summed E-state index contributed by atoms with van der Waals surface area (Å²) in [5.41, 5.74) is 3.61. The molecule has 0 aromatic heterocycles. The van der Waals surface area contributed by atoms with E-state index >= 15 is 0 Å². The number of hydrogen-bond acceptors (Lipinski definition) is 4. The van der Waals surface area contributed by atoms with Crippen LogP contribution in [0.3, 0.4) is 0 Å². The van der Waals surface area contributed by atoms with Crippen molar-refractivity contribution in [3.63, 3.8) is 0 Å². The minimum absolute atomic E-state index is 0.0402. The minimum Gasteiger partial charge on any atom is -0.469 e. The van der Waals surface area contributed by atoms with Crippen LogP contribution >= 0.6 is 0 Å². The first-order valence-corrected chi connectivity index (χ1v) is 14.5. The molecular formula is C25H42O4Si. The number of aliphatic hydroxyl groups excluding tert-OH is 1. The number of rotatable bonds is 7. The Balaban J connectivity index is 2.04. The van der Waals surface area contributed by atoms with E-state index in [9.17, 15) is 5.11 Å². The molecule has 5 heteroatoms. The topological polar surface area (TPSA) is 47.9 Å².